The van der Waals surface area contributed by atoms with Crippen LogP contribution in [0, 0.1) is 13.8 Å². The summed E-state index contributed by atoms with van der Waals surface area (Å²) in [6.45, 7) is 4.29. The van der Waals surface area contributed by atoms with E-state index in [2.05, 4.69) is 43.4 Å². The Kier molecular flexibility index (Phi) is 4.04. The zero-order valence-electron chi connectivity index (χ0n) is 11.3. The summed E-state index contributed by atoms with van der Waals surface area (Å²) in [5.41, 5.74) is 3.94. The molecule has 0 saturated heterocycles. The second kappa shape index (κ2) is 5.55. The first-order valence-electron chi connectivity index (χ1n) is 6.02. The summed E-state index contributed by atoms with van der Waals surface area (Å²) >= 11 is 1.73. The molecule has 0 amide bonds. The zero-order chi connectivity index (χ0) is 13.1. The molecule has 1 N–H and O–H groups in total. The van der Waals surface area contributed by atoms with Crippen LogP contribution in [0.3, 0.4) is 0 Å². The van der Waals surface area contributed by atoms with E-state index in [1.165, 1.54) is 21.6 Å². The normalized spacial score (nSPS) is 12.4. The number of nitrogens with one attached hydrogen (secondary N) is 1. The minimum absolute atomic E-state index is 0.235. The van der Waals surface area contributed by atoms with Crippen molar-refractivity contribution in [3.8, 4) is 5.75 Å². The van der Waals surface area contributed by atoms with Crippen LogP contribution in [0.5, 0.6) is 5.75 Å². The highest BCUT2D eigenvalue weighted by molar-refractivity contribution is 7.10. The molecule has 1 unspecified atom stereocenters. The van der Waals surface area contributed by atoms with Crippen LogP contribution in [0.25, 0.3) is 0 Å². The van der Waals surface area contributed by atoms with Gasteiger partial charge in [-0.25, -0.2) is 0 Å². The van der Waals surface area contributed by atoms with Gasteiger partial charge >= 0.3 is 0 Å². The summed E-state index contributed by atoms with van der Waals surface area (Å²) in [6, 6.07) is 8.93. The molecule has 0 radical (unpaired) electrons. The molecule has 1 atom stereocenters. The number of benzene rings is 1. The molecule has 1 aromatic heterocycles. The highest BCUT2D eigenvalue weighted by atomic mass is 32.1. The van der Waals surface area contributed by atoms with Crippen LogP contribution in [0.4, 0.5) is 0 Å². The Bertz CT molecular complexity index is 533. The molecule has 2 aromatic rings. The highest BCUT2D eigenvalue weighted by Gasteiger charge is 2.16. The van der Waals surface area contributed by atoms with Crippen molar-refractivity contribution in [2.24, 2.45) is 0 Å². The molecule has 1 aromatic carbocycles. The Balaban J connectivity index is 2.41. The monoisotopic (exact) mass is 261 g/mol. The SMILES string of the molecule is CNC(c1cc(OC)cs1)c1cc(C)ccc1C. The van der Waals surface area contributed by atoms with E-state index in [1.807, 2.05) is 12.4 Å². The van der Waals surface area contributed by atoms with Crippen LogP contribution in [-0.4, -0.2) is 14.2 Å². The lowest BCUT2D eigenvalue weighted by atomic mass is 9.98. The summed E-state index contributed by atoms with van der Waals surface area (Å²) in [7, 11) is 3.71. The van der Waals surface area contributed by atoms with Crippen molar-refractivity contribution in [1.82, 2.24) is 5.32 Å². The van der Waals surface area contributed by atoms with Gasteiger partial charge in [-0.15, -0.1) is 11.3 Å². The van der Waals surface area contributed by atoms with Gasteiger partial charge in [0.15, 0.2) is 0 Å². The average molecular weight is 261 g/mol. The molecule has 0 fully saturated rings. The summed E-state index contributed by atoms with van der Waals surface area (Å²) in [6.07, 6.45) is 0. The summed E-state index contributed by atoms with van der Waals surface area (Å²) < 4.78 is 5.26. The van der Waals surface area contributed by atoms with Crippen molar-refractivity contribution >= 4 is 11.3 Å². The third-order valence-corrected chi connectivity index (χ3v) is 4.13. The molecule has 0 aliphatic carbocycles. The predicted molar refractivity (Wildman–Crippen MR) is 77.7 cm³/mol. The van der Waals surface area contributed by atoms with Gasteiger partial charge in [0.1, 0.15) is 5.75 Å². The molecule has 0 aliphatic heterocycles. The fraction of sp³-hybridized carbons (Fsp3) is 0.333. The average Bonchev–Trinajstić information content (AvgIpc) is 2.83. The second-order valence-corrected chi connectivity index (χ2v) is 5.41. The lowest BCUT2D eigenvalue weighted by Crippen LogP contribution is -2.17. The number of rotatable bonds is 4. The third kappa shape index (κ3) is 2.57. The van der Waals surface area contributed by atoms with Crippen LogP contribution >= 0.6 is 11.3 Å². The second-order valence-electron chi connectivity index (χ2n) is 4.47. The van der Waals surface area contributed by atoms with Crippen molar-refractivity contribution in [2.45, 2.75) is 19.9 Å². The number of hydrogen-bond donors (Lipinski definition) is 1. The molecule has 2 rings (SSSR count). The Hall–Kier alpha value is -1.32. The first-order chi connectivity index (χ1) is 8.65. The number of thiophene rings is 1. The summed E-state index contributed by atoms with van der Waals surface area (Å²) in [5.74, 6) is 0.931. The number of hydrogen-bond acceptors (Lipinski definition) is 3. The third-order valence-electron chi connectivity index (χ3n) is 3.15. The van der Waals surface area contributed by atoms with Crippen molar-refractivity contribution < 1.29 is 4.74 Å². The van der Waals surface area contributed by atoms with E-state index < -0.39 is 0 Å². The van der Waals surface area contributed by atoms with E-state index >= 15 is 0 Å². The van der Waals surface area contributed by atoms with Gasteiger partial charge in [0.05, 0.1) is 13.2 Å². The topological polar surface area (TPSA) is 21.3 Å². The van der Waals surface area contributed by atoms with Gasteiger partial charge in [-0.2, -0.15) is 0 Å². The van der Waals surface area contributed by atoms with Crippen molar-refractivity contribution in [3.05, 3.63) is 51.2 Å². The molecule has 0 aliphatic rings. The largest absolute Gasteiger partial charge is 0.496 e. The molecule has 3 heteroatoms. The van der Waals surface area contributed by atoms with E-state index in [0.717, 1.165) is 5.75 Å². The fourth-order valence-electron chi connectivity index (χ4n) is 2.11. The first-order valence-corrected chi connectivity index (χ1v) is 6.90. The molecule has 2 nitrogen and oxygen atoms in total. The van der Waals surface area contributed by atoms with Gasteiger partial charge in [-0.1, -0.05) is 23.8 Å². The number of ether oxygens (including phenoxy) is 1. The van der Waals surface area contributed by atoms with Gasteiger partial charge < -0.3 is 10.1 Å². The van der Waals surface area contributed by atoms with Gasteiger partial charge in [0.2, 0.25) is 0 Å². The van der Waals surface area contributed by atoms with Crippen LogP contribution < -0.4 is 10.1 Å². The van der Waals surface area contributed by atoms with Gasteiger partial charge in [0.25, 0.3) is 0 Å². The molecular formula is C15H19NOS. The predicted octanol–water partition coefficient (Wildman–Crippen LogP) is 3.68. The van der Waals surface area contributed by atoms with Crippen LogP contribution in [-0.2, 0) is 0 Å². The Morgan fingerprint density at radius 3 is 2.61 bits per heavy atom. The maximum absolute atomic E-state index is 5.26. The van der Waals surface area contributed by atoms with Gasteiger partial charge in [-0.05, 0) is 38.1 Å². The highest BCUT2D eigenvalue weighted by Crippen LogP contribution is 2.32. The zero-order valence-corrected chi connectivity index (χ0v) is 12.1. The molecule has 0 spiro atoms. The van der Waals surface area contributed by atoms with E-state index in [0.29, 0.717) is 0 Å². The Morgan fingerprint density at radius 2 is 2.00 bits per heavy atom. The lowest BCUT2D eigenvalue weighted by molar-refractivity contribution is 0.416. The van der Waals surface area contributed by atoms with Crippen molar-refractivity contribution in [2.75, 3.05) is 14.2 Å². The standard InChI is InChI=1S/C15H19NOS/c1-10-5-6-11(2)13(7-10)15(16-3)14-8-12(17-4)9-18-14/h5-9,15-16H,1-4H3. The minimum Gasteiger partial charge on any atom is -0.496 e. The maximum atomic E-state index is 5.26. The van der Waals surface area contributed by atoms with E-state index in [-0.39, 0.29) is 6.04 Å². The van der Waals surface area contributed by atoms with Crippen LogP contribution in [0.1, 0.15) is 27.6 Å². The van der Waals surface area contributed by atoms with Crippen LogP contribution in [0.2, 0.25) is 0 Å². The van der Waals surface area contributed by atoms with Gasteiger partial charge in [0, 0.05) is 10.3 Å². The first kappa shape index (κ1) is 13.1. The minimum atomic E-state index is 0.235. The quantitative estimate of drug-likeness (QED) is 0.906. The molecule has 1 heterocycles. The molecule has 0 saturated carbocycles. The van der Waals surface area contributed by atoms with E-state index in [1.54, 1.807) is 18.4 Å². The fourth-order valence-corrected chi connectivity index (χ4v) is 3.10. The van der Waals surface area contributed by atoms with Crippen molar-refractivity contribution in [3.63, 3.8) is 0 Å². The molecule has 0 bridgehead atoms. The van der Waals surface area contributed by atoms with E-state index in [4.69, 9.17) is 4.74 Å². The molecular weight excluding hydrogens is 242 g/mol. The summed E-state index contributed by atoms with van der Waals surface area (Å²) in [5, 5.41) is 5.44. The lowest BCUT2D eigenvalue weighted by Gasteiger charge is -2.18. The van der Waals surface area contributed by atoms with Crippen molar-refractivity contribution in [1.29, 1.82) is 0 Å². The Morgan fingerprint density at radius 1 is 1.22 bits per heavy atom. The van der Waals surface area contributed by atoms with Crippen LogP contribution in [0.15, 0.2) is 29.6 Å². The smallest absolute Gasteiger partial charge is 0.129 e. The summed E-state index contributed by atoms with van der Waals surface area (Å²) in [4.78, 5) is 1.28. The Labute approximate surface area is 113 Å². The number of aryl methyl sites for hydroxylation is 2. The molecule has 96 valence electrons. The number of methoxy groups -OCH3 is 1. The van der Waals surface area contributed by atoms with E-state index in [9.17, 15) is 0 Å². The maximum Gasteiger partial charge on any atom is 0.129 e. The van der Waals surface area contributed by atoms with Gasteiger partial charge in [-0.3, -0.25) is 0 Å². The molecule has 18 heavy (non-hydrogen) atoms.